The van der Waals surface area contributed by atoms with E-state index in [9.17, 15) is 9.59 Å². The number of carbonyl (C=O) groups excluding carboxylic acids is 2. The first kappa shape index (κ1) is 19.1. The second-order valence-electron chi connectivity index (χ2n) is 7.25. The van der Waals surface area contributed by atoms with Crippen LogP contribution < -0.4 is 9.88 Å². The SMILES string of the molecule is CCNC(=O)C1CCC(N(C)C(=O)c2ccc(-c3ccccc3)c[n+]2C)C1. The van der Waals surface area contributed by atoms with Crippen LogP contribution in [0.5, 0.6) is 0 Å². The Balaban J connectivity index is 1.71. The van der Waals surface area contributed by atoms with Gasteiger partial charge in [0.1, 0.15) is 7.05 Å². The zero-order valence-electron chi connectivity index (χ0n) is 16.3. The van der Waals surface area contributed by atoms with Crippen LogP contribution in [0.2, 0.25) is 0 Å². The average molecular weight is 366 g/mol. The van der Waals surface area contributed by atoms with Gasteiger partial charge in [0.15, 0.2) is 6.20 Å². The van der Waals surface area contributed by atoms with Gasteiger partial charge in [0, 0.05) is 37.2 Å². The summed E-state index contributed by atoms with van der Waals surface area (Å²) in [7, 11) is 3.75. The minimum atomic E-state index is -0.00124. The van der Waals surface area contributed by atoms with Crippen LogP contribution >= 0.6 is 0 Å². The Morgan fingerprint density at radius 1 is 1.11 bits per heavy atom. The highest BCUT2D eigenvalue weighted by molar-refractivity contribution is 5.91. The molecule has 1 saturated carbocycles. The summed E-state index contributed by atoms with van der Waals surface area (Å²) in [5.41, 5.74) is 2.86. The Kier molecular flexibility index (Phi) is 5.89. The zero-order valence-corrected chi connectivity index (χ0v) is 16.3. The molecule has 27 heavy (non-hydrogen) atoms. The van der Waals surface area contributed by atoms with Crippen LogP contribution in [-0.2, 0) is 11.8 Å². The van der Waals surface area contributed by atoms with Gasteiger partial charge in [-0.3, -0.25) is 9.59 Å². The van der Waals surface area contributed by atoms with Crippen molar-refractivity contribution >= 4 is 11.8 Å². The number of pyridine rings is 1. The highest BCUT2D eigenvalue weighted by Crippen LogP contribution is 2.29. The molecule has 2 atom stereocenters. The molecule has 1 aromatic carbocycles. The number of aromatic nitrogens is 1. The molecule has 1 fully saturated rings. The Morgan fingerprint density at radius 2 is 1.85 bits per heavy atom. The van der Waals surface area contributed by atoms with Gasteiger partial charge >= 0.3 is 5.91 Å². The summed E-state index contributed by atoms with van der Waals surface area (Å²) in [5.74, 6) is 0.122. The molecule has 0 aliphatic heterocycles. The third-order valence-corrected chi connectivity index (χ3v) is 5.45. The number of hydrogen-bond donors (Lipinski definition) is 1. The summed E-state index contributed by atoms with van der Waals surface area (Å²) in [6.45, 7) is 2.58. The maximum atomic E-state index is 13.0. The average Bonchev–Trinajstić information content (AvgIpc) is 3.18. The number of hydrogen-bond acceptors (Lipinski definition) is 2. The van der Waals surface area contributed by atoms with Crippen LogP contribution in [0.3, 0.4) is 0 Å². The molecule has 5 nitrogen and oxygen atoms in total. The Labute approximate surface area is 161 Å². The summed E-state index contributed by atoms with van der Waals surface area (Å²) < 4.78 is 1.89. The Morgan fingerprint density at radius 3 is 2.52 bits per heavy atom. The number of nitrogens with one attached hydrogen (secondary N) is 1. The number of amides is 2. The molecule has 0 saturated heterocycles. The molecule has 2 aromatic rings. The van der Waals surface area contributed by atoms with Crippen molar-refractivity contribution in [1.82, 2.24) is 10.2 Å². The van der Waals surface area contributed by atoms with E-state index in [1.54, 1.807) is 4.90 Å². The minimum Gasteiger partial charge on any atom is -0.356 e. The zero-order chi connectivity index (χ0) is 19.4. The van der Waals surface area contributed by atoms with Crippen LogP contribution in [0, 0.1) is 5.92 Å². The van der Waals surface area contributed by atoms with E-state index in [-0.39, 0.29) is 23.8 Å². The van der Waals surface area contributed by atoms with Gasteiger partial charge in [0.25, 0.3) is 5.69 Å². The fourth-order valence-corrected chi connectivity index (χ4v) is 3.84. The second kappa shape index (κ2) is 8.33. The van der Waals surface area contributed by atoms with Gasteiger partial charge in [0.2, 0.25) is 5.91 Å². The standard InChI is InChI=1S/C22H27N3O2/c1-4-23-21(26)17-10-12-19(14-17)25(3)22(27)20-13-11-18(15-24(20)2)16-8-6-5-7-9-16/h5-9,11,13,15,17,19H,4,10,12,14H2,1-3H3/p+1. The molecule has 0 bridgehead atoms. The molecule has 1 heterocycles. The smallest absolute Gasteiger partial charge is 0.318 e. The molecule has 2 unspecified atom stereocenters. The number of rotatable bonds is 5. The van der Waals surface area contributed by atoms with Crippen molar-refractivity contribution in [3.63, 3.8) is 0 Å². The monoisotopic (exact) mass is 366 g/mol. The first-order valence-electron chi connectivity index (χ1n) is 9.61. The van der Waals surface area contributed by atoms with Crippen molar-refractivity contribution in [2.75, 3.05) is 13.6 Å². The molecule has 1 aliphatic carbocycles. The molecule has 1 N–H and O–H groups in total. The lowest BCUT2D eigenvalue weighted by Gasteiger charge is -2.23. The molecule has 1 aromatic heterocycles. The Hall–Kier alpha value is -2.69. The van der Waals surface area contributed by atoms with Gasteiger partial charge in [-0.15, -0.1) is 0 Å². The van der Waals surface area contributed by atoms with E-state index in [1.807, 2.05) is 62.1 Å². The summed E-state index contributed by atoms with van der Waals surface area (Å²) in [6.07, 6.45) is 4.44. The van der Waals surface area contributed by atoms with Gasteiger partial charge in [-0.1, -0.05) is 30.3 Å². The lowest BCUT2D eigenvalue weighted by molar-refractivity contribution is -0.673. The maximum absolute atomic E-state index is 13.0. The van der Waals surface area contributed by atoms with Crippen molar-refractivity contribution in [2.24, 2.45) is 13.0 Å². The molecular formula is C22H28N3O2+. The minimum absolute atomic E-state index is 0.00124. The van der Waals surface area contributed by atoms with Crippen LogP contribution in [0.1, 0.15) is 36.7 Å². The first-order valence-corrected chi connectivity index (χ1v) is 9.61. The van der Waals surface area contributed by atoms with Gasteiger partial charge in [-0.05, 0) is 37.8 Å². The summed E-state index contributed by atoms with van der Waals surface area (Å²) >= 11 is 0. The summed E-state index contributed by atoms with van der Waals surface area (Å²) in [4.78, 5) is 26.9. The van der Waals surface area contributed by atoms with E-state index in [1.165, 1.54) is 0 Å². The third kappa shape index (κ3) is 4.18. The van der Waals surface area contributed by atoms with Crippen molar-refractivity contribution in [3.05, 3.63) is 54.4 Å². The highest BCUT2D eigenvalue weighted by Gasteiger charge is 2.35. The van der Waals surface area contributed by atoms with Crippen molar-refractivity contribution in [1.29, 1.82) is 0 Å². The number of aryl methyl sites for hydroxylation is 1. The van der Waals surface area contributed by atoms with Crippen molar-refractivity contribution in [3.8, 4) is 11.1 Å². The van der Waals surface area contributed by atoms with Crippen molar-refractivity contribution < 1.29 is 14.2 Å². The van der Waals surface area contributed by atoms with Gasteiger partial charge < -0.3 is 10.2 Å². The van der Waals surface area contributed by atoms with Crippen molar-refractivity contribution in [2.45, 2.75) is 32.2 Å². The molecule has 5 heteroatoms. The lowest BCUT2D eigenvalue weighted by atomic mass is 10.1. The predicted octanol–water partition coefficient (Wildman–Crippen LogP) is 2.55. The maximum Gasteiger partial charge on any atom is 0.318 e. The third-order valence-electron chi connectivity index (χ3n) is 5.45. The first-order chi connectivity index (χ1) is 13.0. The molecule has 2 amide bonds. The Bertz CT molecular complexity index is 820. The molecule has 0 spiro atoms. The normalized spacial score (nSPS) is 18.9. The van der Waals surface area contributed by atoms with Crippen LogP contribution in [0.25, 0.3) is 11.1 Å². The lowest BCUT2D eigenvalue weighted by Crippen LogP contribution is -2.44. The fraction of sp³-hybridized carbons (Fsp3) is 0.409. The van der Waals surface area contributed by atoms with E-state index in [0.29, 0.717) is 12.2 Å². The van der Waals surface area contributed by atoms with E-state index >= 15 is 0 Å². The summed E-state index contributed by atoms with van der Waals surface area (Å²) in [6, 6.07) is 14.1. The van der Waals surface area contributed by atoms with Crippen LogP contribution in [0.15, 0.2) is 48.7 Å². The molecule has 1 aliphatic rings. The second-order valence-corrected chi connectivity index (χ2v) is 7.25. The fourth-order valence-electron chi connectivity index (χ4n) is 3.84. The van der Waals surface area contributed by atoms with E-state index in [2.05, 4.69) is 17.4 Å². The summed E-state index contributed by atoms with van der Waals surface area (Å²) in [5, 5.41) is 2.89. The van der Waals surface area contributed by atoms with E-state index < -0.39 is 0 Å². The topological polar surface area (TPSA) is 53.3 Å². The van der Waals surface area contributed by atoms with E-state index in [0.717, 1.165) is 30.4 Å². The van der Waals surface area contributed by atoms with E-state index in [4.69, 9.17) is 0 Å². The highest BCUT2D eigenvalue weighted by atomic mass is 16.2. The van der Waals surface area contributed by atoms with Crippen LogP contribution in [-0.4, -0.2) is 36.3 Å². The molecule has 142 valence electrons. The quantitative estimate of drug-likeness (QED) is 0.827. The number of nitrogens with zero attached hydrogens (tertiary/aromatic N) is 2. The van der Waals surface area contributed by atoms with Gasteiger partial charge in [-0.25, -0.2) is 0 Å². The number of benzene rings is 1. The van der Waals surface area contributed by atoms with Gasteiger partial charge in [-0.2, -0.15) is 4.57 Å². The van der Waals surface area contributed by atoms with Gasteiger partial charge in [0.05, 0.1) is 0 Å². The van der Waals surface area contributed by atoms with Crippen LogP contribution in [0.4, 0.5) is 0 Å². The molecular weight excluding hydrogens is 338 g/mol. The predicted molar refractivity (Wildman–Crippen MR) is 105 cm³/mol. The molecule has 0 radical (unpaired) electrons. The largest absolute Gasteiger partial charge is 0.356 e. The number of carbonyl (C=O) groups is 2. The molecule has 3 rings (SSSR count).